The van der Waals surface area contributed by atoms with Gasteiger partial charge in [0, 0.05) is 30.1 Å². The van der Waals surface area contributed by atoms with Crippen LogP contribution in [0.1, 0.15) is 64.4 Å². The van der Waals surface area contributed by atoms with E-state index < -0.39 is 0 Å². The minimum atomic E-state index is -0.0749. The third-order valence-electron chi connectivity index (χ3n) is 8.15. The van der Waals surface area contributed by atoms with E-state index in [4.69, 9.17) is 0 Å². The van der Waals surface area contributed by atoms with Crippen LogP contribution in [0.5, 0.6) is 0 Å². The second-order valence-corrected chi connectivity index (χ2v) is 12.8. The first-order chi connectivity index (χ1) is 21.9. The monoisotopic (exact) mass is 617 g/mol. The Kier molecular flexibility index (Phi) is 11.3. The third-order valence-corrected chi connectivity index (χ3v) is 9.23. The molecule has 45 heavy (non-hydrogen) atoms. The first kappa shape index (κ1) is 32.3. The molecule has 0 radical (unpaired) electrons. The van der Waals surface area contributed by atoms with Crippen molar-refractivity contribution in [3.8, 4) is 0 Å². The van der Waals surface area contributed by atoms with E-state index in [1.165, 1.54) is 41.3 Å². The molecular weight excluding hydrogens is 575 g/mol. The fourth-order valence-corrected chi connectivity index (χ4v) is 6.60. The van der Waals surface area contributed by atoms with Crippen molar-refractivity contribution >= 4 is 35.3 Å². The van der Waals surface area contributed by atoms with Crippen LogP contribution in [-0.2, 0) is 17.9 Å². The first-order valence-corrected chi connectivity index (χ1v) is 16.7. The molecule has 5 rings (SSSR count). The number of thioether (sulfide) groups is 1. The standard InChI is InChI=1S/C39H43N3O2S/c1-4-5-23-41(27-32-12-7-6-8-13-32)24-11-22-40-38(43)33-20-18-31(19-21-33)26-37-39(44)42(35-14-9-10-15-36(35)45-37)28-34-25-29(2)16-17-30(34)3/h6-10,12-21,25-26H,4-5,11,22-24,27-28H2,1-3H3,(H,40,43). The van der Waals surface area contributed by atoms with Crippen LogP contribution < -0.4 is 10.2 Å². The van der Waals surface area contributed by atoms with Crippen molar-refractivity contribution in [2.24, 2.45) is 0 Å². The number of para-hydroxylation sites is 1. The van der Waals surface area contributed by atoms with Gasteiger partial charge < -0.3 is 10.2 Å². The average Bonchev–Trinajstić information content (AvgIpc) is 3.06. The maximum atomic E-state index is 13.8. The van der Waals surface area contributed by atoms with Crippen molar-refractivity contribution in [1.29, 1.82) is 0 Å². The topological polar surface area (TPSA) is 52.7 Å². The molecule has 232 valence electrons. The highest BCUT2D eigenvalue weighted by Gasteiger charge is 2.29. The van der Waals surface area contributed by atoms with Crippen molar-refractivity contribution in [1.82, 2.24) is 10.2 Å². The Labute approximate surface area is 272 Å². The fourth-order valence-electron chi connectivity index (χ4n) is 5.54. The fraction of sp³-hybridized carbons (Fsp3) is 0.282. The molecule has 0 bridgehead atoms. The lowest BCUT2D eigenvalue weighted by Gasteiger charge is -2.31. The molecule has 0 unspecified atom stereocenters. The summed E-state index contributed by atoms with van der Waals surface area (Å²) < 4.78 is 0. The molecule has 0 atom stereocenters. The molecule has 1 heterocycles. The molecule has 0 saturated heterocycles. The molecule has 1 N–H and O–H groups in total. The van der Waals surface area contributed by atoms with Gasteiger partial charge in [-0.05, 0) is 85.8 Å². The van der Waals surface area contributed by atoms with Crippen molar-refractivity contribution < 1.29 is 9.59 Å². The van der Waals surface area contributed by atoms with Crippen LogP contribution in [0.2, 0.25) is 0 Å². The second kappa shape index (κ2) is 15.7. The number of aryl methyl sites for hydroxylation is 2. The highest BCUT2D eigenvalue weighted by molar-refractivity contribution is 8.04. The number of carbonyl (C=O) groups is 2. The van der Waals surface area contributed by atoms with Crippen LogP contribution in [0, 0.1) is 13.8 Å². The molecule has 4 aromatic carbocycles. The normalized spacial score (nSPS) is 13.7. The van der Waals surface area contributed by atoms with Gasteiger partial charge in [-0.2, -0.15) is 0 Å². The van der Waals surface area contributed by atoms with Crippen LogP contribution >= 0.6 is 11.8 Å². The summed E-state index contributed by atoms with van der Waals surface area (Å²) in [5, 5.41) is 3.08. The summed E-state index contributed by atoms with van der Waals surface area (Å²) in [6, 6.07) is 32.5. The number of carbonyl (C=O) groups excluding carboxylic acids is 2. The van der Waals surface area contributed by atoms with Crippen molar-refractivity contribution in [2.45, 2.75) is 58.0 Å². The van der Waals surface area contributed by atoms with Gasteiger partial charge in [-0.1, -0.05) is 103 Å². The van der Waals surface area contributed by atoms with E-state index in [1.54, 1.807) is 0 Å². The molecule has 6 heteroatoms. The number of anilines is 1. The summed E-state index contributed by atoms with van der Waals surface area (Å²) in [4.78, 5) is 32.8. The highest BCUT2D eigenvalue weighted by Crippen LogP contribution is 2.42. The third kappa shape index (κ3) is 8.74. The summed E-state index contributed by atoms with van der Waals surface area (Å²) in [7, 11) is 0. The number of rotatable bonds is 13. The number of benzene rings is 4. The number of unbranched alkanes of at least 4 members (excludes halogenated alkanes) is 1. The van der Waals surface area contributed by atoms with Crippen LogP contribution in [0.25, 0.3) is 6.08 Å². The molecule has 4 aromatic rings. The molecule has 2 amide bonds. The molecule has 0 aliphatic carbocycles. The molecule has 0 saturated carbocycles. The van der Waals surface area contributed by atoms with Crippen molar-refractivity contribution in [3.63, 3.8) is 0 Å². The number of amides is 2. The largest absolute Gasteiger partial charge is 0.352 e. The van der Waals surface area contributed by atoms with E-state index in [0.29, 0.717) is 23.6 Å². The van der Waals surface area contributed by atoms with Gasteiger partial charge in [-0.3, -0.25) is 14.5 Å². The minimum Gasteiger partial charge on any atom is -0.352 e. The smallest absolute Gasteiger partial charge is 0.265 e. The SMILES string of the molecule is CCCCN(CCCNC(=O)c1ccc(C=C2Sc3ccccc3N(Cc3cc(C)ccc3C)C2=O)cc1)Cc1ccccc1. The van der Waals surface area contributed by atoms with Gasteiger partial charge in [0.05, 0.1) is 17.1 Å². The molecule has 1 aliphatic rings. The average molecular weight is 618 g/mol. The molecule has 0 aromatic heterocycles. The summed E-state index contributed by atoms with van der Waals surface area (Å²) in [6.07, 6.45) is 5.16. The Morgan fingerprint density at radius 1 is 0.889 bits per heavy atom. The first-order valence-electron chi connectivity index (χ1n) is 15.9. The Morgan fingerprint density at radius 3 is 2.40 bits per heavy atom. The Morgan fingerprint density at radius 2 is 1.62 bits per heavy atom. The van der Waals surface area contributed by atoms with E-state index in [0.717, 1.165) is 47.8 Å². The lowest BCUT2D eigenvalue weighted by molar-refractivity contribution is -0.114. The molecule has 5 nitrogen and oxygen atoms in total. The van der Waals surface area contributed by atoms with Crippen molar-refractivity contribution in [2.75, 3.05) is 24.5 Å². The molecule has 0 fully saturated rings. The zero-order valence-electron chi connectivity index (χ0n) is 26.6. The lowest BCUT2D eigenvalue weighted by atomic mass is 10.0. The van der Waals surface area contributed by atoms with E-state index in [9.17, 15) is 9.59 Å². The number of nitrogens with zero attached hydrogens (tertiary/aromatic N) is 2. The quantitative estimate of drug-likeness (QED) is 0.121. The number of fused-ring (bicyclic) bond motifs is 1. The molecular formula is C39H43N3O2S. The number of hydrogen-bond donors (Lipinski definition) is 1. The number of hydrogen-bond acceptors (Lipinski definition) is 4. The summed E-state index contributed by atoms with van der Waals surface area (Å²) in [5.74, 6) is -0.0872. The van der Waals surface area contributed by atoms with Crippen molar-refractivity contribution in [3.05, 3.63) is 135 Å². The van der Waals surface area contributed by atoms with Crippen LogP contribution in [-0.4, -0.2) is 36.3 Å². The minimum absolute atomic E-state index is 0.0123. The maximum Gasteiger partial charge on any atom is 0.265 e. The zero-order valence-corrected chi connectivity index (χ0v) is 27.4. The Balaban J connectivity index is 1.20. The van der Waals surface area contributed by atoms with Gasteiger partial charge >= 0.3 is 0 Å². The van der Waals surface area contributed by atoms with Crippen LogP contribution in [0.3, 0.4) is 0 Å². The van der Waals surface area contributed by atoms with Gasteiger partial charge in [0.15, 0.2) is 0 Å². The van der Waals surface area contributed by atoms with Gasteiger partial charge in [0.2, 0.25) is 0 Å². The summed E-state index contributed by atoms with van der Waals surface area (Å²) in [5.41, 5.74) is 7.26. The van der Waals surface area contributed by atoms with Gasteiger partial charge in [0.1, 0.15) is 0 Å². The molecule has 1 aliphatic heterocycles. The maximum absolute atomic E-state index is 13.8. The lowest BCUT2D eigenvalue weighted by Crippen LogP contribution is -2.34. The van der Waals surface area contributed by atoms with Crippen LogP contribution in [0.4, 0.5) is 5.69 Å². The second-order valence-electron chi connectivity index (χ2n) is 11.7. The Hall–Kier alpha value is -4.13. The van der Waals surface area contributed by atoms with Gasteiger partial charge in [-0.25, -0.2) is 0 Å². The predicted molar refractivity (Wildman–Crippen MR) is 187 cm³/mol. The van der Waals surface area contributed by atoms with E-state index in [1.807, 2.05) is 59.5 Å². The summed E-state index contributed by atoms with van der Waals surface area (Å²) in [6.45, 7) is 10.5. The van der Waals surface area contributed by atoms with E-state index in [2.05, 4.69) is 79.5 Å². The molecule has 0 spiro atoms. The van der Waals surface area contributed by atoms with Gasteiger partial charge in [0.25, 0.3) is 11.8 Å². The number of nitrogens with one attached hydrogen (secondary N) is 1. The zero-order chi connectivity index (χ0) is 31.6. The highest BCUT2D eigenvalue weighted by atomic mass is 32.2. The predicted octanol–water partition coefficient (Wildman–Crippen LogP) is 8.41. The van der Waals surface area contributed by atoms with E-state index in [-0.39, 0.29) is 11.8 Å². The van der Waals surface area contributed by atoms with E-state index >= 15 is 0 Å². The van der Waals surface area contributed by atoms with Crippen LogP contribution in [0.15, 0.2) is 107 Å². The summed E-state index contributed by atoms with van der Waals surface area (Å²) >= 11 is 1.50. The van der Waals surface area contributed by atoms with Gasteiger partial charge in [-0.15, -0.1) is 0 Å². The Bertz CT molecular complexity index is 1630.